The Labute approximate surface area is 110 Å². The number of hydrogen-bond donors (Lipinski definition) is 3. The Balaban J connectivity index is 2.43. The monoisotopic (exact) mass is 255 g/mol. The molecule has 0 aliphatic heterocycles. The van der Waals surface area contributed by atoms with Gasteiger partial charge in [0.1, 0.15) is 5.75 Å². The van der Waals surface area contributed by atoms with Gasteiger partial charge in [-0.1, -0.05) is 30.3 Å². The van der Waals surface area contributed by atoms with E-state index in [0.29, 0.717) is 5.71 Å². The molecule has 0 atom stereocenters. The molecule has 5 heteroatoms. The number of rotatable bonds is 3. The molecule has 0 saturated carbocycles. The Morgan fingerprint density at radius 3 is 2.16 bits per heavy atom. The summed E-state index contributed by atoms with van der Waals surface area (Å²) in [5, 5.41) is 13.3. The maximum atomic E-state index is 10.8. The van der Waals surface area contributed by atoms with Gasteiger partial charge in [0.05, 0.1) is 5.71 Å². The van der Waals surface area contributed by atoms with E-state index < -0.39 is 6.03 Å². The maximum absolute atomic E-state index is 10.8. The molecule has 4 N–H and O–H groups in total. The fraction of sp³-hybridized carbons (Fsp3) is 0. The molecule has 0 saturated heterocycles. The highest BCUT2D eigenvalue weighted by molar-refractivity contribution is 6.13. The summed E-state index contributed by atoms with van der Waals surface area (Å²) in [6.07, 6.45) is 0. The van der Waals surface area contributed by atoms with E-state index >= 15 is 0 Å². The van der Waals surface area contributed by atoms with Crippen LogP contribution in [-0.4, -0.2) is 16.8 Å². The van der Waals surface area contributed by atoms with E-state index in [1.54, 1.807) is 24.3 Å². The summed E-state index contributed by atoms with van der Waals surface area (Å²) in [6, 6.07) is 15.2. The van der Waals surface area contributed by atoms with Gasteiger partial charge in [-0.2, -0.15) is 5.10 Å². The quantitative estimate of drug-likeness (QED) is 0.577. The van der Waals surface area contributed by atoms with Crippen molar-refractivity contribution in [1.29, 1.82) is 0 Å². The molecular weight excluding hydrogens is 242 g/mol. The molecular formula is C14H13N3O2. The normalized spacial score (nSPS) is 11.1. The number of carbonyl (C=O) groups is 1. The SMILES string of the molecule is NC(=O)NN=C(c1ccccc1)c1ccc(O)cc1. The molecule has 0 spiro atoms. The van der Waals surface area contributed by atoms with Crippen molar-refractivity contribution in [3.05, 3.63) is 65.7 Å². The molecule has 0 radical (unpaired) electrons. The predicted molar refractivity (Wildman–Crippen MR) is 72.9 cm³/mol. The van der Waals surface area contributed by atoms with Crippen molar-refractivity contribution in [1.82, 2.24) is 5.43 Å². The second kappa shape index (κ2) is 5.68. The number of hydrazone groups is 1. The zero-order chi connectivity index (χ0) is 13.7. The number of phenolic OH excluding ortho intramolecular Hbond substituents is 1. The third-order valence-electron chi connectivity index (χ3n) is 2.47. The van der Waals surface area contributed by atoms with Gasteiger partial charge in [0.25, 0.3) is 0 Å². The molecule has 0 unspecified atom stereocenters. The van der Waals surface area contributed by atoms with E-state index in [9.17, 15) is 9.90 Å². The van der Waals surface area contributed by atoms with Crippen molar-refractivity contribution in [2.24, 2.45) is 10.8 Å². The van der Waals surface area contributed by atoms with Crippen LogP contribution in [0.3, 0.4) is 0 Å². The average Bonchev–Trinajstić information content (AvgIpc) is 2.42. The Kier molecular flexibility index (Phi) is 3.78. The minimum Gasteiger partial charge on any atom is -0.508 e. The maximum Gasteiger partial charge on any atom is 0.332 e. The Morgan fingerprint density at radius 1 is 1.00 bits per heavy atom. The highest BCUT2D eigenvalue weighted by Gasteiger charge is 2.07. The molecule has 0 fully saturated rings. The van der Waals surface area contributed by atoms with Gasteiger partial charge < -0.3 is 10.8 Å². The largest absolute Gasteiger partial charge is 0.508 e. The van der Waals surface area contributed by atoms with Crippen LogP contribution < -0.4 is 11.2 Å². The highest BCUT2D eigenvalue weighted by Crippen LogP contribution is 2.14. The summed E-state index contributed by atoms with van der Waals surface area (Å²) in [7, 11) is 0. The molecule has 2 rings (SSSR count). The number of aromatic hydroxyl groups is 1. The first-order valence-corrected chi connectivity index (χ1v) is 5.65. The van der Waals surface area contributed by atoms with E-state index in [1.807, 2.05) is 30.3 Å². The highest BCUT2D eigenvalue weighted by atomic mass is 16.3. The van der Waals surface area contributed by atoms with Crippen LogP contribution in [0.2, 0.25) is 0 Å². The summed E-state index contributed by atoms with van der Waals surface area (Å²) in [6.45, 7) is 0. The number of hydrogen-bond acceptors (Lipinski definition) is 3. The molecule has 5 nitrogen and oxygen atoms in total. The molecule has 0 bridgehead atoms. The lowest BCUT2D eigenvalue weighted by Gasteiger charge is -2.07. The van der Waals surface area contributed by atoms with Gasteiger partial charge in [0, 0.05) is 11.1 Å². The first kappa shape index (κ1) is 12.6. The third-order valence-corrected chi connectivity index (χ3v) is 2.47. The molecule has 0 aliphatic carbocycles. The van der Waals surface area contributed by atoms with E-state index in [4.69, 9.17) is 5.73 Å². The van der Waals surface area contributed by atoms with E-state index in [-0.39, 0.29) is 5.75 Å². The lowest BCUT2D eigenvalue weighted by Crippen LogP contribution is -2.26. The minimum absolute atomic E-state index is 0.166. The van der Waals surface area contributed by atoms with Crippen LogP contribution in [0, 0.1) is 0 Å². The zero-order valence-electron chi connectivity index (χ0n) is 10.1. The molecule has 19 heavy (non-hydrogen) atoms. The first-order valence-electron chi connectivity index (χ1n) is 5.65. The van der Waals surface area contributed by atoms with Crippen molar-refractivity contribution in [2.45, 2.75) is 0 Å². The van der Waals surface area contributed by atoms with E-state index in [2.05, 4.69) is 10.5 Å². The lowest BCUT2D eigenvalue weighted by molar-refractivity contribution is 0.249. The summed E-state index contributed by atoms with van der Waals surface area (Å²) in [4.78, 5) is 10.8. The number of primary amides is 1. The number of nitrogens with one attached hydrogen (secondary N) is 1. The van der Waals surface area contributed by atoms with Gasteiger partial charge in [-0.15, -0.1) is 0 Å². The van der Waals surface area contributed by atoms with Crippen LogP contribution >= 0.6 is 0 Å². The number of nitrogens with zero attached hydrogens (tertiary/aromatic N) is 1. The average molecular weight is 255 g/mol. The number of nitrogens with two attached hydrogens (primary N) is 1. The predicted octanol–water partition coefficient (Wildman–Crippen LogP) is 1.81. The van der Waals surface area contributed by atoms with Crippen molar-refractivity contribution in [3.63, 3.8) is 0 Å². The standard InChI is InChI=1S/C14H13N3O2/c15-14(19)17-16-13(10-4-2-1-3-5-10)11-6-8-12(18)9-7-11/h1-9,18H,(H3,15,17,19). The first-order chi connectivity index (χ1) is 9.16. The summed E-state index contributed by atoms with van der Waals surface area (Å²) < 4.78 is 0. The Morgan fingerprint density at radius 2 is 1.58 bits per heavy atom. The zero-order valence-corrected chi connectivity index (χ0v) is 10.1. The van der Waals surface area contributed by atoms with Gasteiger partial charge in [0.15, 0.2) is 0 Å². The van der Waals surface area contributed by atoms with Crippen molar-refractivity contribution in [2.75, 3.05) is 0 Å². The van der Waals surface area contributed by atoms with E-state index in [0.717, 1.165) is 11.1 Å². The van der Waals surface area contributed by atoms with Crippen LogP contribution in [0.25, 0.3) is 0 Å². The van der Waals surface area contributed by atoms with Crippen LogP contribution in [-0.2, 0) is 0 Å². The third kappa shape index (κ3) is 3.32. The number of amides is 2. The van der Waals surface area contributed by atoms with Crippen molar-refractivity contribution >= 4 is 11.7 Å². The van der Waals surface area contributed by atoms with Gasteiger partial charge in [-0.05, 0) is 24.3 Å². The van der Waals surface area contributed by atoms with Gasteiger partial charge in [0.2, 0.25) is 0 Å². The fourth-order valence-electron chi connectivity index (χ4n) is 1.62. The summed E-state index contributed by atoms with van der Waals surface area (Å²) in [5.74, 6) is 0.166. The molecule has 0 aliphatic rings. The number of phenols is 1. The van der Waals surface area contributed by atoms with Gasteiger partial charge in [-0.25, -0.2) is 10.2 Å². The van der Waals surface area contributed by atoms with Crippen LogP contribution in [0.4, 0.5) is 4.79 Å². The Hall–Kier alpha value is -2.82. The molecule has 0 heterocycles. The summed E-state index contributed by atoms with van der Waals surface area (Å²) in [5.41, 5.74) is 9.41. The smallest absolute Gasteiger partial charge is 0.332 e. The number of carbonyl (C=O) groups excluding carboxylic acids is 1. The lowest BCUT2D eigenvalue weighted by atomic mass is 10.0. The second-order valence-corrected chi connectivity index (χ2v) is 3.85. The van der Waals surface area contributed by atoms with Crippen LogP contribution in [0.5, 0.6) is 5.75 Å². The van der Waals surface area contributed by atoms with Gasteiger partial charge >= 0.3 is 6.03 Å². The second-order valence-electron chi connectivity index (χ2n) is 3.85. The molecule has 2 aromatic rings. The van der Waals surface area contributed by atoms with Crippen LogP contribution in [0.15, 0.2) is 59.7 Å². The van der Waals surface area contributed by atoms with E-state index in [1.165, 1.54) is 0 Å². The van der Waals surface area contributed by atoms with Crippen molar-refractivity contribution in [3.8, 4) is 5.75 Å². The van der Waals surface area contributed by atoms with Crippen molar-refractivity contribution < 1.29 is 9.90 Å². The van der Waals surface area contributed by atoms with Gasteiger partial charge in [-0.3, -0.25) is 0 Å². The number of urea groups is 1. The fourth-order valence-corrected chi connectivity index (χ4v) is 1.62. The molecule has 2 aromatic carbocycles. The molecule has 0 aromatic heterocycles. The summed E-state index contributed by atoms with van der Waals surface area (Å²) >= 11 is 0. The Bertz CT molecular complexity index is 592. The van der Waals surface area contributed by atoms with Crippen LogP contribution in [0.1, 0.15) is 11.1 Å². The number of benzene rings is 2. The topological polar surface area (TPSA) is 87.7 Å². The molecule has 2 amide bonds. The minimum atomic E-state index is -0.729. The molecule has 96 valence electrons.